The van der Waals surface area contributed by atoms with Gasteiger partial charge in [0.1, 0.15) is 0 Å². The first-order valence-corrected chi connectivity index (χ1v) is 7.42. The van der Waals surface area contributed by atoms with Gasteiger partial charge in [-0.3, -0.25) is 4.90 Å². The number of nitrogens with zero attached hydrogens (tertiary/aromatic N) is 1. The fraction of sp³-hybridized carbons (Fsp3) is 1.00. The molecular weight excluding hydrogens is 212 g/mol. The van der Waals surface area contributed by atoms with Gasteiger partial charge >= 0.3 is 0 Å². The highest BCUT2D eigenvalue weighted by Gasteiger charge is 2.38. The van der Waals surface area contributed by atoms with Gasteiger partial charge in [-0.25, -0.2) is 0 Å². The van der Waals surface area contributed by atoms with E-state index < -0.39 is 0 Å². The third-order valence-corrected chi connectivity index (χ3v) is 3.88. The summed E-state index contributed by atoms with van der Waals surface area (Å²) in [5, 5.41) is 3.71. The van der Waals surface area contributed by atoms with Crippen LogP contribution in [0, 0.1) is 5.92 Å². The van der Waals surface area contributed by atoms with Crippen LogP contribution < -0.4 is 5.32 Å². The normalized spacial score (nSPS) is 28.2. The molecular formula is C14H28N2O. The summed E-state index contributed by atoms with van der Waals surface area (Å²) in [5.74, 6) is 0.883. The highest BCUT2D eigenvalue weighted by atomic mass is 16.5. The Kier molecular flexibility index (Phi) is 5.26. The minimum absolute atomic E-state index is 0.425. The number of nitrogens with one attached hydrogen (secondary N) is 1. The quantitative estimate of drug-likeness (QED) is 0.735. The summed E-state index contributed by atoms with van der Waals surface area (Å²) >= 11 is 0. The summed E-state index contributed by atoms with van der Waals surface area (Å²) in [6, 6.07) is 0.606. The van der Waals surface area contributed by atoms with E-state index in [1.807, 2.05) is 0 Å². The molecule has 0 bridgehead atoms. The van der Waals surface area contributed by atoms with E-state index in [0.717, 1.165) is 32.2 Å². The lowest BCUT2D eigenvalue weighted by molar-refractivity contribution is -0.0499. The fourth-order valence-electron chi connectivity index (χ4n) is 2.84. The second-order valence-corrected chi connectivity index (χ2v) is 5.53. The standard InChI is InChI=1S/C14H28N2O/c1-3-7-15-14(12-5-6-12)13-11-16(8-4-2)9-10-17-13/h12-15H,3-11H2,1-2H3. The molecule has 1 aliphatic heterocycles. The lowest BCUT2D eigenvalue weighted by atomic mass is 10.0. The molecule has 1 heterocycles. The van der Waals surface area contributed by atoms with Crippen molar-refractivity contribution in [2.75, 3.05) is 32.8 Å². The maximum Gasteiger partial charge on any atom is 0.0857 e. The van der Waals surface area contributed by atoms with Gasteiger partial charge in [0.2, 0.25) is 0 Å². The van der Waals surface area contributed by atoms with Gasteiger partial charge in [0.15, 0.2) is 0 Å². The summed E-state index contributed by atoms with van der Waals surface area (Å²) in [6.07, 6.45) is 5.69. The summed E-state index contributed by atoms with van der Waals surface area (Å²) in [4.78, 5) is 2.57. The molecule has 1 N–H and O–H groups in total. The number of ether oxygens (including phenoxy) is 1. The van der Waals surface area contributed by atoms with Crippen molar-refractivity contribution in [3.8, 4) is 0 Å². The number of hydrogen-bond acceptors (Lipinski definition) is 3. The van der Waals surface area contributed by atoms with Gasteiger partial charge in [-0.15, -0.1) is 0 Å². The molecule has 1 saturated heterocycles. The molecule has 17 heavy (non-hydrogen) atoms. The largest absolute Gasteiger partial charge is 0.374 e. The molecule has 2 rings (SSSR count). The first-order chi connectivity index (χ1) is 8.35. The molecule has 3 heteroatoms. The second-order valence-electron chi connectivity index (χ2n) is 5.53. The van der Waals surface area contributed by atoms with Gasteiger partial charge < -0.3 is 10.1 Å². The minimum atomic E-state index is 0.425. The molecule has 3 nitrogen and oxygen atoms in total. The van der Waals surface area contributed by atoms with Crippen molar-refractivity contribution in [3.05, 3.63) is 0 Å². The average Bonchev–Trinajstić information content (AvgIpc) is 3.15. The predicted octanol–water partition coefficient (Wildman–Crippen LogP) is 1.88. The molecule has 2 fully saturated rings. The Hall–Kier alpha value is -0.120. The molecule has 0 aromatic carbocycles. The van der Waals surface area contributed by atoms with Crippen molar-refractivity contribution in [2.24, 2.45) is 5.92 Å². The van der Waals surface area contributed by atoms with Gasteiger partial charge in [0.25, 0.3) is 0 Å². The van der Waals surface area contributed by atoms with Crippen LogP contribution in [0.1, 0.15) is 39.5 Å². The van der Waals surface area contributed by atoms with Gasteiger partial charge in [-0.05, 0) is 44.7 Å². The number of hydrogen-bond donors (Lipinski definition) is 1. The molecule has 0 radical (unpaired) electrons. The third kappa shape index (κ3) is 3.94. The van der Waals surface area contributed by atoms with Crippen molar-refractivity contribution >= 4 is 0 Å². The van der Waals surface area contributed by atoms with Crippen molar-refractivity contribution in [1.29, 1.82) is 0 Å². The zero-order chi connectivity index (χ0) is 12.1. The van der Waals surface area contributed by atoms with Crippen LogP contribution in [0.5, 0.6) is 0 Å². The van der Waals surface area contributed by atoms with Gasteiger partial charge in [-0.1, -0.05) is 13.8 Å². The molecule has 0 amide bonds. The Labute approximate surface area is 106 Å². The molecule has 2 unspecified atom stereocenters. The molecule has 100 valence electrons. The highest BCUT2D eigenvalue weighted by molar-refractivity contribution is 4.94. The monoisotopic (exact) mass is 240 g/mol. The zero-order valence-corrected chi connectivity index (χ0v) is 11.5. The van der Waals surface area contributed by atoms with Crippen LogP contribution in [0.15, 0.2) is 0 Å². The third-order valence-electron chi connectivity index (χ3n) is 3.88. The Morgan fingerprint density at radius 1 is 1.29 bits per heavy atom. The van der Waals surface area contributed by atoms with E-state index in [1.165, 1.54) is 32.2 Å². The van der Waals surface area contributed by atoms with E-state index in [4.69, 9.17) is 4.74 Å². The van der Waals surface area contributed by atoms with Crippen molar-refractivity contribution < 1.29 is 4.74 Å². The first-order valence-electron chi connectivity index (χ1n) is 7.42. The SMILES string of the molecule is CCCNC(C1CC1)C1CN(CCC)CCO1. The van der Waals surface area contributed by atoms with Gasteiger partial charge in [-0.2, -0.15) is 0 Å². The van der Waals surface area contributed by atoms with Crippen LogP contribution in [0.2, 0.25) is 0 Å². The Morgan fingerprint density at radius 2 is 2.12 bits per heavy atom. The van der Waals surface area contributed by atoms with Crippen molar-refractivity contribution in [3.63, 3.8) is 0 Å². The van der Waals surface area contributed by atoms with Crippen LogP contribution in [0.25, 0.3) is 0 Å². The molecule has 2 atom stereocenters. The molecule has 0 aromatic rings. The lowest BCUT2D eigenvalue weighted by Crippen LogP contribution is -2.53. The summed E-state index contributed by atoms with van der Waals surface area (Å²) < 4.78 is 6.01. The molecule has 2 aliphatic rings. The van der Waals surface area contributed by atoms with E-state index in [2.05, 4.69) is 24.1 Å². The van der Waals surface area contributed by atoms with Crippen LogP contribution in [-0.2, 0) is 4.74 Å². The van der Waals surface area contributed by atoms with Crippen molar-refractivity contribution in [2.45, 2.75) is 51.7 Å². The number of morpholine rings is 1. The Morgan fingerprint density at radius 3 is 2.76 bits per heavy atom. The lowest BCUT2D eigenvalue weighted by Gasteiger charge is -2.37. The Bertz CT molecular complexity index is 216. The van der Waals surface area contributed by atoms with Crippen LogP contribution in [0.4, 0.5) is 0 Å². The topological polar surface area (TPSA) is 24.5 Å². The van der Waals surface area contributed by atoms with E-state index in [0.29, 0.717) is 12.1 Å². The molecule has 0 aromatic heterocycles. The summed E-state index contributed by atoms with van der Waals surface area (Å²) in [5.41, 5.74) is 0. The molecule has 0 spiro atoms. The van der Waals surface area contributed by atoms with Crippen LogP contribution in [0.3, 0.4) is 0 Å². The van der Waals surface area contributed by atoms with Crippen LogP contribution >= 0.6 is 0 Å². The van der Waals surface area contributed by atoms with Crippen LogP contribution in [-0.4, -0.2) is 49.8 Å². The smallest absolute Gasteiger partial charge is 0.0857 e. The first kappa shape index (κ1) is 13.3. The van der Waals surface area contributed by atoms with E-state index in [9.17, 15) is 0 Å². The zero-order valence-electron chi connectivity index (χ0n) is 11.5. The highest BCUT2D eigenvalue weighted by Crippen LogP contribution is 2.35. The van der Waals surface area contributed by atoms with E-state index in [1.54, 1.807) is 0 Å². The molecule has 1 saturated carbocycles. The fourth-order valence-corrected chi connectivity index (χ4v) is 2.84. The number of rotatable bonds is 7. The second kappa shape index (κ2) is 6.72. The van der Waals surface area contributed by atoms with Gasteiger partial charge in [0, 0.05) is 19.1 Å². The average molecular weight is 240 g/mol. The van der Waals surface area contributed by atoms with Crippen molar-refractivity contribution in [1.82, 2.24) is 10.2 Å². The summed E-state index contributed by atoms with van der Waals surface area (Å²) in [6.45, 7) is 10.0. The predicted molar refractivity (Wildman–Crippen MR) is 71.3 cm³/mol. The van der Waals surface area contributed by atoms with E-state index in [-0.39, 0.29) is 0 Å². The maximum absolute atomic E-state index is 6.01. The molecule has 1 aliphatic carbocycles. The minimum Gasteiger partial charge on any atom is -0.374 e. The van der Waals surface area contributed by atoms with E-state index >= 15 is 0 Å². The summed E-state index contributed by atoms with van der Waals surface area (Å²) in [7, 11) is 0. The maximum atomic E-state index is 6.01. The van der Waals surface area contributed by atoms with Gasteiger partial charge in [0.05, 0.1) is 12.7 Å². The Balaban J connectivity index is 1.84.